The number of ether oxygens (including phenoxy) is 2. The highest BCUT2D eigenvalue weighted by Gasteiger charge is 2.22. The van der Waals surface area contributed by atoms with Crippen LogP contribution in [0, 0.1) is 0 Å². The number of amides is 1. The number of hydrogen-bond donors (Lipinski definition) is 0. The summed E-state index contributed by atoms with van der Waals surface area (Å²) in [5, 5.41) is 0. The van der Waals surface area contributed by atoms with E-state index in [2.05, 4.69) is 4.74 Å². The van der Waals surface area contributed by atoms with Crippen molar-refractivity contribution in [2.75, 3.05) is 33.2 Å². The van der Waals surface area contributed by atoms with Gasteiger partial charge in [0.15, 0.2) is 11.5 Å². The summed E-state index contributed by atoms with van der Waals surface area (Å²) in [7, 11) is 6.82. The van der Waals surface area contributed by atoms with Crippen LogP contribution >= 0.6 is 0 Å². The van der Waals surface area contributed by atoms with Crippen LogP contribution in [0.25, 0.3) is 0 Å². The van der Waals surface area contributed by atoms with E-state index < -0.39 is 12.5 Å². The Morgan fingerprint density at radius 2 is 1.73 bits per heavy atom. The number of rotatable bonds is 7. The largest absolute Gasteiger partial charge is 0.493 e. The Balaban J connectivity index is 2.22. The highest BCUT2D eigenvalue weighted by atomic mass is 19.3. The fourth-order valence-electron chi connectivity index (χ4n) is 2.51. The van der Waals surface area contributed by atoms with E-state index in [1.165, 1.54) is 24.1 Å². The van der Waals surface area contributed by atoms with Crippen molar-refractivity contribution in [3.8, 4) is 11.5 Å². The molecule has 0 heterocycles. The Bertz CT molecular complexity index is 749. The zero-order valence-electron chi connectivity index (χ0n) is 15.2. The van der Waals surface area contributed by atoms with Gasteiger partial charge in [0, 0.05) is 33.4 Å². The van der Waals surface area contributed by atoms with Gasteiger partial charge in [-0.2, -0.15) is 8.78 Å². The summed E-state index contributed by atoms with van der Waals surface area (Å²) >= 11 is 0. The summed E-state index contributed by atoms with van der Waals surface area (Å²) in [6.07, 6.45) is 0. The lowest BCUT2D eigenvalue weighted by Crippen LogP contribution is -2.27. The first-order valence-corrected chi connectivity index (χ1v) is 7.97. The Morgan fingerprint density at radius 3 is 2.27 bits per heavy atom. The van der Waals surface area contributed by atoms with Crippen molar-refractivity contribution in [3.63, 3.8) is 0 Å². The van der Waals surface area contributed by atoms with Gasteiger partial charge in [-0.3, -0.25) is 4.79 Å². The van der Waals surface area contributed by atoms with E-state index >= 15 is 0 Å². The van der Waals surface area contributed by atoms with E-state index in [0.717, 1.165) is 11.3 Å². The number of carbonyl (C=O) groups excluding carboxylic acids is 1. The zero-order chi connectivity index (χ0) is 19.3. The van der Waals surface area contributed by atoms with Gasteiger partial charge < -0.3 is 19.3 Å². The fraction of sp³-hybridized carbons (Fsp3) is 0.316. The quantitative estimate of drug-likeness (QED) is 0.752. The minimum atomic E-state index is -3.05. The molecule has 2 aromatic rings. The number of para-hydroxylation sites is 1. The number of benzene rings is 2. The van der Waals surface area contributed by atoms with Gasteiger partial charge in [-0.25, -0.2) is 0 Å². The third-order valence-corrected chi connectivity index (χ3v) is 3.86. The zero-order valence-corrected chi connectivity index (χ0v) is 15.2. The molecule has 1 amide bonds. The van der Waals surface area contributed by atoms with Crippen LogP contribution in [-0.4, -0.2) is 45.7 Å². The molecular formula is C19H22F2N2O3. The molecular weight excluding hydrogens is 342 g/mol. The summed E-state index contributed by atoms with van der Waals surface area (Å²) in [4.78, 5) is 16.1. The SMILES string of the molecule is COc1cccc(C(=O)N(C)Cc2ccc(N(C)C)cc2)c1OC(F)F. The van der Waals surface area contributed by atoms with E-state index in [4.69, 9.17) is 4.74 Å². The van der Waals surface area contributed by atoms with Crippen molar-refractivity contribution in [2.24, 2.45) is 0 Å². The number of carbonyl (C=O) groups is 1. The lowest BCUT2D eigenvalue weighted by molar-refractivity contribution is -0.0516. The second-order valence-electron chi connectivity index (χ2n) is 5.94. The molecule has 0 spiro atoms. The minimum absolute atomic E-state index is 0.0251. The first-order valence-electron chi connectivity index (χ1n) is 7.97. The third kappa shape index (κ3) is 4.62. The smallest absolute Gasteiger partial charge is 0.387 e. The molecule has 5 nitrogen and oxygen atoms in total. The number of alkyl halides is 2. The Labute approximate surface area is 151 Å². The second kappa shape index (κ2) is 8.51. The molecule has 0 saturated heterocycles. The van der Waals surface area contributed by atoms with Crippen molar-refractivity contribution >= 4 is 11.6 Å². The Kier molecular flexibility index (Phi) is 6.38. The van der Waals surface area contributed by atoms with Gasteiger partial charge >= 0.3 is 6.61 Å². The van der Waals surface area contributed by atoms with Crippen LogP contribution in [0.2, 0.25) is 0 Å². The van der Waals surface area contributed by atoms with E-state index in [0.29, 0.717) is 6.54 Å². The van der Waals surface area contributed by atoms with E-state index in [9.17, 15) is 13.6 Å². The molecule has 0 saturated carbocycles. The molecule has 2 aromatic carbocycles. The van der Waals surface area contributed by atoms with Gasteiger partial charge in [-0.1, -0.05) is 18.2 Å². The first-order chi connectivity index (χ1) is 12.3. The molecule has 0 aliphatic heterocycles. The van der Waals surface area contributed by atoms with E-state index in [1.54, 1.807) is 13.1 Å². The van der Waals surface area contributed by atoms with Crippen LogP contribution < -0.4 is 14.4 Å². The first kappa shape index (κ1) is 19.5. The molecule has 0 N–H and O–H groups in total. The lowest BCUT2D eigenvalue weighted by atomic mass is 10.1. The normalized spacial score (nSPS) is 10.6. The minimum Gasteiger partial charge on any atom is -0.493 e. The third-order valence-electron chi connectivity index (χ3n) is 3.86. The topological polar surface area (TPSA) is 42.0 Å². The summed E-state index contributed by atoms with van der Waals surface area (Å²) in [6, 6.07) is 12.2. The fourth-order valence-corrected chi connectivity index (χ4v) is 2.51. The molecule has 26 heavy (non-hydrogen) atoms. The predicted octanol–water partition coefficient (Wildman–Crippen LogP) is 3.63. The van der Waals surface area contributed by atoms with Crippen LogP contribution in [0.4, 0.5) is 14.5 Å². The average Bonchev–Trinajstić information content (AvgIpc) is 2.61. The molecule has 7 heteroatoms. The standard InChI is InChI=1S/C19H22F2N2O3/c1-22(2)14-10-8-13(9-11-14)12-23(3)18(24)15-6-5-7-16(25-4)17(15)26-19(20)21/h5-11,19H,12H2,1-4H3. The van der Waals surface area contributed by atoms with Crippen LogP contribution in [0.5, 0.6) is 11.5 Å². The van der Waals surface area contributed by atoms with Crippen LogP contribution in [-0.2, 0) is 6.54 Å². The average molecular weight is 364 g/mol. The second-order valence-corrected chi connectivity index (χ2v) is 5.94. The van der Waals surface area contributed by atoms with Crippen molar-refractivity contribution in [3.05, 3.63) is 53.6 Å². The number of halogens is 2. The van der Waals surface area contributed by atoms with Gasteiger partial charge in [0.05, 0.1) is 12.7 Å². The number of anilines is 1. The van der Waals surface area contributed by atoms with Crippen molar-refractivity contribution in [2.45, 2.75) is 13.2 Å². The van der Waals surface area contributed by atoms with Crippen molar-refractivity contribution < 1.29 is 23.0 Å². The highest BCUT2D eigenvalue weighted by Crippen LogP contribution is 2.33. The molecule has 0 unspecified atom stereocenters. The number of hydrogen-bond acceptors (Lipinski definition) is 4. The van der Waals surface area contributed by atoms with Crippen molar-refractivity contribution in [1.82, 2.24) is 4.90 Å². The lowest BCUT2D eigenvalue weighted by Gasteiger charge is -2.21. The maximum atomic E-state index is 12.7. The predicted molar refractivity (Wildman–Crippen MR) is 96.2 cm³/mol. The van der Waals surface area contributed by atoms with Crippen molar-refractivity contribution in [1.29, 1.82) is 0 Å². The molecule has 140 valence electrons. The number of nitrogens with zero attached hydrogens (tertiary/aromatic N) is 2. The van der Waals surface area contributed by atoms with Gasteiger partial charge in [0.25, 0.3) is 5.91 Å². The maximum Gasteiger partial charge on any atom is 0.387 e. The van der Waals surface area contributed by atoms with Gasteiger partial charge in [0.2, 0.25) is 0 Å². The summed E-state index contributed by atoms with van der Waals surface area (Å²) < 4.78 is 35.0. The Morgan fingerprint density at radius 1 is 1.08 bits per heavy atom. The number of methoxy groups -OCH3 is 1. The van der Waals surface area contributed by atoms with Crippen LogP contribution in [0.15, 0.2) is 42.5 Å². The summed E-state index contributed by atoms with van der Waals surface area (Å²) in [5.41, 5.74) is 1.99. The summed E-state index contributed by atoms with van der Waals surface area (Å²) in [6.45, 7) is -2.72. The maximum absolute atomic E-state index is 12.7. The monoisotopic (exact) mass is 364 g/mol. The van der Waals surface area contributed by atoms with E-state index in [-0.39, 0.29) is 17.1 Å². The van der Waals surface area contributed by atoms with Crippen LogP contribution in [0.3, 0.4) is 0 Å². The van der Waals surface area contributed by atoms with Gasteiger partial charge in [0.1, 0.15) is 0 Å². The molecule has 2 rings (SSSR count). The van der Waals surface area contributed by atoms with Crippen LogP contribution in [0.1, 0.15) is 15.9 Å². The van der Waals surface area contributed by atoms with Gasteiger partial charge in [-0.15, -0.1) is 0 Å². The van der Waals surface area contributed by atoms with Gasteiger partial charge in [-0.05, 0) is 29.8 Å². The van der Waals surface area contributed by atoms with E-state index in [1.807, 2.05) is 43.3 Å². The molecule has 0 fully saturated rings. The summed E-state index contributed by atoms with van der Waals surface area (Å²) in [5.74, 6) is -0.610. The molecule has 0 aliphatic carbocycles. The molecule has 0 bridgehead atoms. The molecule has 0 aliphatic rings. The Hall–Kier alpha value is -2.83. The molecule has 0 radical (unpaired) electrons. The molecule has 0 aromatic heterocycles. The molecule has 0 atom stereocenters. The highest BCUT2D eigenvalue weighted by molar-refractivity contribution is 5.97.